The van der Waals surface area contributed by atoms with Gasteiger partial charge in [-0.25, -0.2) is 9.97 Å². The summed E-state index contributed by atoms with van der Waals surface area (Å²) in [6, 6.07) is 125. The van der Waals surface area contributed by atoms with Crippen LogP contribution in [0.5, 0.6) is 0 Å². The number of aromatic nitrogens is 4. The highest BCUT2D eigenvalue weighted by Gasteiger charge is 2.52. The zero-order chi connectivity index (χ0) is 71.6. The summed E-state index contributed by atoms with van der Waals surface area (Å²) in [6.07, 6.45) is 3.73. The molecule has 18 aromatic rings. The van der Waals surface area contributed by atoms with Gasteiger partial charge in [0.15, 0.2) is 0 Å². The summed E-state index contributed by atoms with van der Waals surface area (Å²) < 4.78 is 12.9. The molecule has 0 bridgehead atoms. The van der Waals surface area contributed by atoms with E-state index in [9.17, 15) is 0 Å². The molecule has 506 valence electrons. The molecule has 2 aliphatic carbocycles. The second-order valence-corrected chi connectivity index (χ2v) is 29.7. The fourth-order valence-electron chi connectivity index (χ4n) is 17.7. The van der Waals surface area contributed by atoms with E-state index in [1.807, 2.05) is 18.5 Å². The van der Waals surface area contributed by atoms with E-state index in [1.165, 1.54) is 77.5 Å². The Balaban J connectivity index is 0.000000144. The van der Waals surface area contributed by atoms with Crippen molar-refractivity contribution in [2.45, 2.75) is 49.7 Å². The molecule has 1 saturated heterocycles. The van der Waals surface area contributed by atoms with E-state index in [2.05, 4.69) is 372 Å². The van der Waals surface area contributed by atoms with Crippen LogP contribution in [-0.4, -0.2) is 38.3 Å². The summed E-state index contributed by atoms with van der Waals surface area (Å²) in [4.78, 5) is 20.2. The predicted molar refractivity (Wildman–Crippen MR) is 441 cm³/mol. The first kappa shape index (κ1) is 63.9. The highest BCUT2D eigenvalue weighted by Crippen LogP contribution is 2.60. The van der Waals surface area contributed by atoms with Gasteiger partial charge >= 0.3 is 7.12 Å². The zero-order valence-corrected chi connectivity index (χ0v) is 59.7. The summed E-state index contributed by atoms with van der Waals surface area (Å²) in [5.41, 5.74) is 26.9. The van der Waals surface area contributed by atoms with Gasteiger partial charge in [-0.3, -0.25) is 9.97 Å². The highest BCUT2D eigenvalue weighted by molar-refractivity contribution is 6.62. The fourth-order valence-corrected chi connectivity index (χ4v) is 17.7. The minimum Gasteiger partial charge on any atom is -0.399 e. The van der Waals surface area contributed by atoms with Crippen molar-refractivity contribution in [1.29, 1.82) is 0 Å². The first-order chi connectivity index (χ1) is 52.5. The largest absolute Gasteiger partial charge is 0.494 e. The molecule has 0 N–H and O–H groups in total. The first-order valence-electron chi connectivity index (χ1n) is 37.0. The number of hydrogen-bond acceptors (Lipinski definition) is 6. The average molecular weight is 1370 g/mol. The lowest BCUT2D eigenvalue weighted by atomic mass is 9.67. The van der Waals surface area contributed by atoms with Gasteiger partial charge in [-0.05, 0) is 188 Å². The number of fused-ring (bicyclic) bond motifs is 15. The molecule has 0 saturated carbocycles. The van der Waals surface area contributed by atoms with Crippen molar-refractivity contribution in [2.75, 3.05) is 0 Å². The molecule has 21 rings (SSSR count). The molecule has 14 aromatic carbocycles. The molecule has 107 heavy (non-hydrogen) atoms. The molecule has 1 fully saturated rings. The van der Waals surface area contributed by atoms with Crippen molar-refractivity contribution in [3.63, 3.8) is 0 Å². The van der Waals surface area contributed by atoms with Crippen LogP contribution < -0.4 is 5.46 Å². The quantitative estimate of drug-likeness (QED) is 0.106. The van der Waals surface area contributed by atoms with Crippen molar-refractivity contribution < 1.29 is 9.31 Å². The van der Waals surface area contributed by atoms with E-state index in [-0.39, 0.29) is 0 Å². The third-order valence-corrected chi connectivity index (χ3v) is 23.4. The molecule has 7 heteroatoms. The molecule has 0 atom stereocenters. The summed E-state index contributed by atoms with van der Waals surface area (Å²) in [7, 11) is -0.449. The molecule has 5 heterocycles. The van der Waals surface area contributed by atoms with E-state index in [0.29, 0.717) is 0 Å². The van der Waals surface area contributed by atoms with Crippen LogP contribution in [0, 0.1) is 0 Å². The molecule has 6 nitrogen and oxygen atoms in total. The third-order valence-electron chi connectivity index (χ3n) is 23.4. The molecule has 0 unspecified atom stereocenters. The SMILES string of the molecule is CC1(C)OB(c2cccc(-c3nc4ccccc4c4cc5c(cc34)-c3ccccc3C5(c3ccccc3)c3ccccc3)c2)OC1(C)C.c1ccc(C2(c3ccccc3)c3ccccc3-c3cc4c(-c5cccc(-c6ccc(-c7ccnc8c7ccc7cccnc78)cc6)c5)nc5ccccc5c4cc32)cc1. The van der Waals surface area contributed by atoms with Crippen molar-refractivity contribution in [1.82, 2.24) is 19.9 Å². The molecule has 0 amide bonds. The van der Waals surface area contributed by atoms with Gasteiger partial charge in [0.05, 0.1) is 55.5 Å². The van der Waals surface area contributed by atoms with E-state index in [1.54, 1.807) is 0 Å². The Hall–Kier alpha value is -12.8. The number of pyridine rings is 4. The Morgan fingerprint density at radius 3 is 1.24 bits per heavy atom. The smallest absolute Gasteiger partial charge is 0.399 e. The van der Waals surface area contributed by atoms with Crippen LogP contribution in [0.25, 0.3) is 132 Å². The predicted octanol–water partition coefficient (Wildman–Crippen LogP) is 23.6. The fraction of sp³-hybridized carbons (Fsp3) is 0.0800. The number of benzene rings is 14. The number of hydrogen-bond donors (Lipinski definition) is 0. The summed E-state index contributed by atoms with van der Waals surface area (Å²) >= 11 is 0. The number of rotatable bonds is 9. The second-order valence-electron chi connectivity index (χ2n) is 29.7. The molecular formula is C100H71BN4O2. The monoisotopic (exact) mass is 1370 g/mol. The maximum absolute atomic E-state index is 6.46. The van der Waals surface area contributed by atoms with Crippen molar-refractivity contribution >= 4 is 77.7 Å². The first-order valence-corrected chi connectivity index (χ1v) is 37.0. The Bertz CT molecular complexity index is 6490. The normalized spacial score (nSPS) is 14.7. The molecule has 1 aliphatic heterocycles. The summed E-state index contributed by atoms with van der Waals surface area (Å²) in [6.45, 7) is 8.38. The standard InChI is InChI=1S/C56H35N3.C44H36BNO2/c1-3-16-41(17-4-1)56(42-18-5-2-6-19-42)50-22-9-7-20-44(50)48-34-49-47(35-51(48)56)45-21-8-10-23-52(45)59-53(49)40-14-11-13-39(33-40)36-24-26-37(27-25-36)43-30-32-58-55-46(43)29-28-38-15-12-31-57-54(38)55;1-42(2)43(3,4)48-45(47-42)32-21-15-16-29(26-32)41-37-27-36-33-22-11-13-24-38(33)44(30-17-7-5-8-18-30,31-19-9-6-10-20-31)39(36)28-35(37)34-23-12-14-25-40(34)46-41/h1-35H;5-28H,1-4H3. The maximum Gasteiger partial charge on any atom is 0.494 e. The lowest BCUT2D eigenvalue weighted by Gasteiger charge is -2.34. The van der Waals surface area contributed by atoms with Gasteiger partial charge in [0.1, 0.15) is 0 Å². The van der Waals surface area contributed by atoms with Gasteiger partial charge in [0, 0.05) is 55.8 Å². The van der Waals surface area contributed by atoms with Crippen LogP contribution in [0.4, 0.5) is 0 Å². The van der Waals surface area contributed by atoms with Crippen LogP contribution in [-0.2, 0) is 20.1 Å². The number of nitrogens with zero attached hydrogens (tertiary/aromatic N) is 4. The van der Waals surface area contributed by atoms with Crippen LogP contribution in [0.15, 0.2) is 358 Å². The van der Waals surface area contributed by atoms with Crippen molar-refractivity contribution in [3.05, 3.63) is 403 Å². The summed E-state index contributed by atoms with van der Waals surface area (Å²) in [5.74, 6) is 0. The minimum absolute atomic E-state index is 0.417. The van der Waals surface area contributed by atoms with E-state index >= 15 is 0 Å². The third kappa shape index (κ3) is 10.0. The molecule has 4 aromatic heterocycles. The maximum atomic E-state index is 6.46. The lowest BCUT2D eigenvalue weighted by Crippen LogP contribution is -2.41. The number of para-hydroxylation sites is 2. The van der Waals surface area contributed by atoms with Gasteiger partial charge in [0.2, 0.25) is 0 Å². The Morgan fingerprint density at radius 1 is 0.262 bits per heavy atom. The van der Waals surface area contributed by atoms with Gasteiger partial charge in [-0.15, -0.1) is 0 Å². The second kappa shape index (κ2) is 25.0. The van der Waals surface area contributed by atoms with Crippen LogP contribution in [0.2, 0.25) is 0 Å². The molecule has 0 spiro atoms. The van der Waals surface area contributed by atoms with E-state index in [4.69, 9.17) is 24.3 Å². The van der Waals surface area contributed by atoms with Gasteiger partial charge in [-0.2, -0.15) is 0 Å². The van der Waals surface area contributed by atoms with Crippen LogP contribution >= 0.6 is 0 Å². The molecular weight excluding hydrogens is 1300 g/mol. The van der Waals surface area contributed by atoms with Crippen LogP contribution in [0.3, 0.4) is 0 Å². The van der Waals surface area contributed by atoms with Crippen LogP contribution in [0.1, 0.15) is 72.2 Å². The highest BCUT2D eigenvalue weighted by atomic mass is 16.7. The molecule has 0 radical (unpaired) electrons. The van der Waals surface area contributed by atoms with Crippen molar-refractivity contribution in [2.24, 2.45) is 0 Å². The van der Waals surface area contributed by atoms with E-state index in [0.717, 1.165) is 105 Å². The minimum atomic E-state index is -0.480. The lowest BCUT2D eigenvalue weighted by molar-refractivity contribution is 0.00578. The average Bonchev–Trinajstić information content (AvgIpc) is 1.54. The Labute approximate surface area is 622 Å². The van der Waals surface area contributed by atoms with Gasteiger partial charge in [0.25, 0.3) is 0 Å². The van der Waals surface area contributed by atoms with Gasteiger partial charge in [-0.1, -0.05) is 291 Å². The Morgan fingerprint density at radius 2 is 0.710 bits per heavy atom. The van der Waals surface area contributed by atoms with E-state index < -0.39 is 29.2 Å². The molecule has 3 aliphatic rings. The summed E-state index contributed by atoms with van der Waals surface area (Å²) in [5, 5.41) is 9.16. The zero-order valence-electron chi connectivity index (χ0n) is 59.7. The Kier molecular flexibility index (Phi) is 14.9. The van der Waals surface area contributed by atoms with Crippen molar-refractivity contribution in [3.8, 4) is 67.0 Å². The topological polar surface area (TPSA) is 70.0 Å². The van der Waals surface area contributed by atoms with Gasteiger partial charge < -0.3 is 9.31 Å².